The summed E-state index contributed by atoms with van der Waals surface area (Å²) < 4.78 is 1.01. The van der Waals surface area contributed by atoms with Crippen LogP contribution in [0.25, 0.3) is 10.2 Å². The van der Waals surface area contributed by atoms with Crippen LogP contribution < -0.4 is 5.73 Å². The Bertz CT molecular complexity index is 449. The van der Waals surface area contributed by atoms with Crippen molar-refractivity contribution in [3.8, 4) is 0 Å². The van der Waals surface area contributed by atoms with Crippen molar-refractivity contribution in [3.05, 3.63) is 29.3 Å². The summed E-state index contributed by atoms with van der Waals surface area (Å²) in [5, 5.41) is -0.271. The number of carbonyl (C=O) groups is 1. The lowest BCUT2D eigenvalue weighted by Gasteiger charge is -1.97. The number of nitrogens with zero attached hydrogens (tertiary/aromatic N) is 1. The number of amides is 1. The Kier molecular flexibility index (Phi) is 2.39. The van der Waals surface area contributed by atoms with Crippen LogP contribution in [0.2, 0.25) is 0 Å². The van der Waals surface area contributed by atoms with Crippen molar-refractivity contribution in [1.82, 2.24) is 4.98 Å². The highest BCUT2D eigenvalue weighted by Crippen LogP contribution is 2.29. The van der Waals surface area contributed by atoms with Crippen molar-refractivity contribution in [2.75, 3.05) is 0 Å². The fourth-order valence-corrected chi connectivity index (χ4v) is 2.26. The number of fused-ring (bicyclic) bond motifs is 1. The third kappa shape index (κ3) is 1.58. The van der Waals surface area contributed by atoms with E-state index in [9.17, 15) is 4.79 Å². The molecule has 2 rings (SSSR count). The van der Waals surface area contributed by atoms with E-state index in [0.29, 0.717) is 5.01 Å². The van der Waals surface area contributed by atoms with Gasteiger partial charge in [-0.25, -0.2) is 4.98 Å². The Balaban J connectivity index is 2.50. The maximum atomic E-state index is 10.8. The molecule has 2 N–H and O–H groups in total. The molecule has 72 valence electrons. The first-order valence-corrected chi connectivity index (χ1v) is 5.22. The summed E-state index contributed by atoms with van der Waals surface area (Å²) >= 11 is 7.18. The number of aromatic nitrogens is 1. The van der Waals surface area contributed by atoms with Crippen LogP contribution in [0.4, 0.5) is 0 Å². The molecule has 14 heavy (non-hydrogen) atoms. The maximum absolute atomic E-state index is 10.8. The van der Waals surface area contributed by atoms with E-state index in [2.05, 4.69) is 4.98 Å². The van der Waals surface area contributed by atoms with E-state index in [1.807, 2.05) is 24.3 Å². The van der Waals surface area contributed by atoms with Crippen LogP contribution in [0.1, 0.15) is 10.4 Å². The Morgan fingerprint density at radius 2 is 2.21 bits per heavy atom. The average Bonchev–Trinajstić information content (AvgIpc) is 2.59. The van der Waals surface area contributed by atoms with Gasteiger partial charge in [-0.3, -0.25) is 4.79 Å². The van der Waals surface area contributed by atoms with Gasteiger partial charge in [0, 0.05) is 0 Å². The molecule has 5 heteroatoms. The number of thiazole rings is 1. The minimum atomic E-state index is -0.826. The molecule has 0 bridgehead atoms. The second-order valence-corrected chi connectivity index (χ2v) is 4.28. The van der Waals surface area contributed by atoms with E-state index in [4.69, 9.17) is 17.3 Å². The molecule has 0 saturated carbocycles. The lowest BCUT2D eigenvalue weighted by Crippen LogP contribution is -2.16. The largest absolute Gasteiger partial charge is 0.368 e. The van der Waals surface area contributed by atoms with E-state index in [1.54, 1.807) is 0 Å². The van der Waals surface area contributed by atoms with Crippen LogP contribution in [0, 0.1) is 0 Å². The number of para-hydroxylation sites is 1. The Morgan fingerprint density at radius 3 is 2.86 bits per heavy atom. The second-order valence-electron chi connectivity index (χ2n) is 2.78. The highest BCUT2D eigenvalue weighted by atomic mass is 35.5. The number of rotatable bonds is 2. The summed E-state index contributed by atoms with van der Waals surface area (Å²) in [4.78, 5) is 15.1. The molecule has 1 aromatic heterocycles. The molecule has 0 radical (unpaired) electrons. The number of halogens is 1. The van der Waals surface area contributed by atoms with E-state index in [1.165, 1.54) is 11.3 Å². The van der Waals surface area contributed by atoms with Gasteiger partial charge in [-0.15, -0.1) is 22.9 Å². The van der Waals surface area contributed by atoms with Gasteiger partial charge < -0.3 is 5.73 Å². The van der Waals surface area contributed by atoms with Gasteiger partial charge in [-0.2, -0.15) is 0 Å². The maximum Gasteiger partial charge on any atom is 0.242 e. The number of hydrogen-bond donors (Lipinski definition) is 1. The van der Waals surface area contributed by atoms with Gasteiger partial charge in [0.15, 0.2) is 5.38 Å². The van der Waals surface area contributed by atoms with Gasteiger partial charge in [0.1, 0.15) is 5.01 Å². The summed E-state index contributed by atoms with van der Waals surface area (Å²) in [6.07, 6.45) is 0. The molecule has 0 aliphatic heterocycles. The molecule has 1 atom stereocenters. The van der Waals surface area contributed by atoms with E-state index in [0.717, 1.165) is 10.2 Å². The molecule has 1 heterocycles. The minimum Gasteiger partial charge on any atom is -0.368 e. The van der Waals surface area contributed by atoms with Gasteiger partial charge in [0.05, 0.1) is 10.2 Å². The fraction of sp³-hybridized carbons (Fsp3) is 0.111. The molecule has 1 unspecified atom stereocenters. The highest BCUT2D eigenvalue weighted by Gasteiger charge is 2.18. The van der Waals surface area contributed by atoms with E-state index < -0.39 is 11.3 Å². The summed E-state index contributed by atoms with van der Waals surface area (Å²) in [6.45, 7) is 0. The van der Waals surface area contributed by atoms with Gasteiger partial charge in [-0.05, 0) is 12.1 Å². The van der Waals surface area contributed by atoms with Crippen molar-refractivity contribution in [1.29, 1.82) is 0 Å². The Labute approximate surface area is 89.5 Å². The van der Waals surface area contributed by atoms with Crippen molar-refractivity contribution < 1.29 is 4.79 Å². The number of hydrogen-bond acceptors (Lipinski definition) is 3. The molecular weight excluding hydrogens is 220 g/mol. The first kappa shape index (κ1) is 9.43. The summed E-state index contributed by atoms with van der Waals surface area (Å²) in [7, 11) is 0. The van der Waals surface area contributed by atoms with Crippen LogP contribution in [-0.2, 0) is 4.79 Å². The van der Waals surface area contributed by atoms with Crippen LogP contribution in [0.15, 0.2) is 24.3 Å². The number of carbonyl (C=O) groups excluding carboxylic acids is 1. The lowest BCUT2D eigenvalue weighted by atomic mass is 10.3. The minimum absolute atomic E-state index is 0.556. The molecule has 0 saturated heterocycles. The lowest BCUT2D eigenvalue weighted by molar-refractivity contribution is -0.117. The Hall–Kier alpha value is -1.13. The zero-order valence-corrected chi connectivity index (χ0v) is 8.68. The predicted octanol–water partition coefficient (Wildman–Crippen LogP) is 2.06. The second kappa shape index (κ2) is 3.55. The van der Waals surface area contributed by atoms with Gasteiger partial charge in [-0.1, -0.05) is 12.1 Å². The van der Waals surface area contributed by atoms with Gasteiger partial charge in [0.25, 0.3) is 0 Å². The van der Waals surface area contributed by atoms with Crippen molar-refractivity contribution >= 4 is 39.1 Å². The van der Waals surface area contributed by atoms with Crippen LogP contribution >= 0.6 is 22.9 Å². The molecule has 3 nitrogen and oxygen atoms in total. The number of benzene rings is 1. The van der Waals surface area contributed by atoms with E-state index in [-0.39, 0.29) is 0 Å². The predicted molar refractivity (Wildman–Crippen MR) is 57.4 cm³/mol. The third-order valence-electron chi connectivity index (χ3n) is 1.78. The van der Waals surface area contributed by atoms with Crippen LogP contribution in [0.5, 0.6) is 0 Å². The van der Waals surface area contributed by atoms with Crippen LogP contribution in [0.3, 0.4) is 0 Å². The van der Waals surface area contributed by atoms with E-state index >= 15 is 0 Å². The highest BCUT2D eigenvalue weighted by molar-refractivity contribution is 7.19. The molecule has 1 amide bonds. The monoisotopic (exact) mass is 226 g/mol. The first-order valence-electron chi connectivity index (χ1n) is 3.97. The molecule has 0 spiro atoms. The molecule has 2 aromatic rings. The molecule has 1 aromatic carbocycles. The summed E-state index contributed by atoms with van der Waals surface area (Å²) in [5.74, 6) is -0.564. The zero-order valence-electron chi connectivity index (χ0n) is 7.11. The molecule has 0 aliphatic rings. The quantitative estimate of drug-likeness (QED) is 0.797. The molecular formula is C9H7ClN2OS. The number of nitrogens with two attached hydrogens (primary N) is 1. The summed E-state index contributed by atoms with van der Waals surface area (Å²) in [5.41, 5.74) is 5.93. The number of primary amides is 1. The third-order valence-corrected chi connectivity index (χ3v) is 3.43. The smallest absolute Gasteiger partial charge is 0.242 e. The molecule has 0 aliphatic carbocycles. The Morgan fingerprint density at radius 1 is 1.50 bits per heavy atom. The SMILES string of the molecule is NC(=O)C(Cl)c1nc2ccccc2s1. The van der Waals surface area contributed by atoms with Crippen molar-refractivity contribution in [3.63, 3.8) is 0 Å². The zero-order chi connectivity index (χ0) is 10.1. The van der Waals surface area contributed by atoms with Crippen LogP contribution in [-0.4, -0.2) is 10.9 Å². The van der Waals surface area contributed by atoms with Gasteiger partial charge in [0.2, 0.25) is 5.91 Å². The normalized spacial score (nSPS) is 12.9. The average molecular weight is 227 g/mol. The first-order chi connectivity index (χ1) is 6.68. The topological polar surface area (TPSA) is 56.0 Å². The summed E-state index contributed by atoms with van der Waals surface area (Å²) in [6, 6.07) is 7.61. The van der Waals surface area contributed by atoms with Crippen molar-refractivity contribution in [2.24, 2.45) is 5.73 Å². The fourth-order valence-electron chi connectivity index (χ4n) is 1.12. The standard InChI is InChI=1S/C9H7ClN2OS/c10-7(8(11)13)9-12-5-3-1-2-4-6(5)14-9/h1-4,7H,(H2,11,13). The number of alkyl halides is 1. The molecule has 0 fully saturated rings. The van der Waals surface area contributed by atoms with Crippen molar-refractivity contribution in [2.45, 2.75) is 5.38 Å². The van der Waals surface area contributed by atoms with Gasteiger partial charge >= 0.3 is 0 Å².